The number of piperidine rings is 1. The first kappa shape index (κ1) is 23.3. The Morgan fingerprint density at radius 2 is 1.75 bits per heavy atom. The van der Waals surface area contributed by atoms with Gasteiger partial charge in [0, 0.05) is 61.0 Å². The molecule has 6 heteroatoms. The van der Waals surface area contributed by atoms with Crippen LogP contribution in [-0.2, 0) is 0 Å². The predicted octanol–water partition coefficient (Wildman–Crippen LogP) is 4.71. The number of benzene rings is 2. The van der Waals surface area contributed by atoms with Gasteiger partial charge >= 0.3 is 0 Å². The molecule has 2 aromatic rings. The Hall–Kier alpha value is -1.89. The second-order valence-corrected chi connectivity index (χ2v) is 10.3. The Labute approximate surface area is 200 Å². The van der Waals surface area contributed by atoms with Crippen molar-refractivity contribution >= 4 is 27.5 Å². The van der Waals surface area contributed by atoms with Crippen molar-refractivity contribution in [3.8, 4) is 0 Å². The van der Waals surface area contributed by atoms with E-state index in [0.717, 1.165) is 55.6 Å². The van der Waals surface area contributed by atoms with Crippen molar-refractivity contribution in [1.29, 1.82) is 0 Å². The Bertz CT molecular complexity index is 919. The maximum atomic E-state index is 13.1. The third-order valence-corrected chi connectivity index (χ3v) is 7.88. The quantitative estimate of drug-likeness (QED) is 0.620. The molecule has 2 heterocycles. The molecule has 2 fully saturated rings. The van der Waals surface area contributed by atoms with Crippen molar-refractivity contribution in [3.63, 3.8) is 0 Å². The van der Waals surface area contributed by atoms with Gasteiger partial charge in [-0.15, -0.1) is 0 Å². The van der Waals surface area contributed by atoms with Crippen LogP contribution in [0.2, 0.25) is 0 Å². The average Bonchev–Trinajstić information content (AvgIpc) is 2.79. The number of piperazine rings is 1. The number of carbonyl (C=O) groups excluding carboxylic acids is 1. The van der Waals surface area contributed by atoms with E-state index in [-0.39, 0.29) is 5.91 Å². The lowest BCUT2D eigenvalue weighted by Crippen LogP contribution is -2.57. The van der Waals surface area contributed by atoms with Gasteiger partial charge in [0.2, 0.25) is 0 Å². The summed E-state index contributed by atoms with van der Waals surface area (Å²) in [6, 6.07) is 15.9. The predicted molar refractivity (Wildman–Crippen MR) is 135 cm³/mol. The van der Waals surface area contributed by atoms with Crippen LogP contribution in [0.15, 0.2) is 46.9 Å². The maximum absolute atomic E-state index is 13.1. The van der Waals surface area contributed by atoms with Crippen molar-refractivity contribution in [2.45, 2.75) is 51.7 Å². The molecule has 0 radical (unpaired) electrons. The number of likely N-dealkylation sites (tertiary alicyclic amines) is 1. The molecule has 0 bridgehead atoms. The summed E-state index contributed by atoms with van der Waals surface area (Å²) in [6.07, 6.45) is 2.07. The minimum absolute atomic E-state index is 0.0839. The number of amides is 1. The topological polar surface area (TPSA) is 52.8 Å². The largest absolute Gasteiger partial charge is 0.398 e. The Kier molecular flexibility index (Phi) is 7.23. The van der Waals surface area contributed by atoms with E-state index in [1.807, 2.05) is 30.0 Å². The van der Waals surface area contributed by atoms with Crippen LogP contribution >= 0.6 is 15.9 Å². The molecule has 32 heavy (non-hydrogen) atoms. The maximum Gasteiger partial charge on any atom is 0.256 e. The fourth-order valence-corrected chi connectivity index (χ4v) is 5.68. The SMILES string of the molecule is Cc1cccc(N)c1C(=O)N1CCC(N2CCN([C@@H](C)c3ccc(Br)cc3)[C@@H](C)C2)CC1. The molecule has 172 valence electrons. The van der Waals surface area contributed by atoms with Crippen molar-refractivity contribution in [2.75, 3.05) is 38.5 Å². The molecular weight excluding hydrogens is 464 g/mol. The number of nitrogen functional groups attached to an aromatic ring is 1. The van der Waals surface area contributed by atoms with E-state index in [0.29, 0.717) is 29.4 Å². The molecule has 0 unspecified atom stereocenters. The molecule has 0 spiro atoms. The van der Waals surface area contributed by atoms with Gasteiger partial charge < -0.3 is 10.6 Å². The summed E-state index contributed by atoms with van der Waals surface area (Å²) in [5, 5.41) is 0. The van der Waals surface area contributed by atoms with Gasteiger partial charge in [-0.05, 0) is 62.9 Å². The molecule has 4 rings (SSSR count). The van der Waals surface area contributed by atoms with Crippen LogP contribution in [-0.4, -0.2) is 65.4 Å². The number of halogens is 1. The first-order chi connectivity index (χ1) is 15.3. The lowest BCUT2D eigenvalue weighted by Gasteiger charge is -2.47. The lowest BCUT2D eigenvalue weighted by atomic mass is 9.97. The first-order valence-corrected chi connectivity index (χ1v) is 12.5. The van der Waals surface area contributed by atoms with E-state index in [9.17, 15) is 4.79 Å². The molecule has 0 saturated carbocycles. The van der Waals surface area contributed by atoms with E-state index < -0.39 is 0 Å². The van der Waals surface area contributed by atoms with Crippen LogP contribution in [0.3, 0.4) is 0 Å². The Morgan fingerprint density at radius 1 is 1.06 bits per heavy atom. The number of nitrogens with zero attached hydrogens (tertiary/aromatic N) is 3. The third-order valence-electron chi connectivity index (χ3n) is 7.35. The number of nitrogens with two attached hydrogens (primary N) is 1. The minimum atomic E-state index is 0.0839. The molecule has 0 aliphatic carbocycles. The second-order valence-electron chi connectivity index (χ2n) is 9.37. The zero-order chi connectivity index (χ0) is 22.8. The first-order valence-electron chi connectivity index (χ1n) is 11.7. The van der Waals surface area contributed by atoms with Crippen molar-refractivity contribution in [3.05, 3.63) is 63.6 Å². The van der Waals surface area contributed by atoms with Gasteiger partial charge in [0.15, 0.2) is 0 Å². The van der Waals surface area contributed by atoms with Crippen molar-refractivity contribution in [1.82, 2.24) is 14.7 Å². The number of hydrogen-bond acceptors (Lipinski definition) is 4. The van der Waals surface area contributed by atoms with Crippen LogP contribution < -0.4 is 5.73 Å². The van der Waals surface area contributed by atoms with Crippen LogP contribution in [0.5, 0.6) is 0 Å². The molecule has 2 aromatic carbocycles. The fourth-order valence-electron chi connectivity index (χ4n) is 5.41. The molecule has 0 aromatic heterocycles. The minimum Gasteiger partial charge on any atom is -0.398 e. The Morgan fingerprint density at radius 3 is 2.38 bits per heavy atom. The monoisotopic (exact) mass is 498 g/mol. The number of rotatable bonds is 4. The highest BCUT2D eigenvalue weighted by atomic mass is 79.9. The molecule has 2 atom stereocenters. The smallest absolute Gasteiger partial charge is 0.256 e. The molecule has 1 amide bonds. The highest BCUT2D eigenvalue weighted by Crippen LogP contribution is 2.29. The molecule has 2 N–H and O–H groups in total. The zero-order valence-electron chi connectivity index (χ0n) is 19.4. The van der Waals surface area contributed by atoms with Crippen LogP contribution in [0, 0.1) is 6.92 Å². The molecular formula is C26H35BrN4O. The molecule has 5 nitrogen and oxygen atoms in total. The lowest BCUT2D eigenvalue weighted by molar-refractivity contribution is 0.0135. The third kappa shape index (κ3) is 4.87. The van der Waals surface area contributed by atoms with Crippen LogP contribution in [0.4, 0.5) is 5.69 Å². The summed E-state index contributed by atoms with van der Waals surface area (Å²) < 4.78 is 1.13. The summed E-state index contributed by atoms with van der Waals surface area (Å²) >= 11 is 3.54. The Balaban J connectivity index is 1.32. The van der Waals surface area contributed by atoms with Crippen LogP contribution in [0.25, 0.3) is 0 Å². The molecule has 2 aliphatic heterocycles. The molecule has 2 saturated heterocycles. The highest BCUT2D eigenvalue weighted by Gasteiger charge is 2.34. The normalized spacial score (nSPS) is 22.1. The van der Waals surface area contributed by atoms with E-state index in [1.54, 1.807) is 0 Å². The van der Waals surface area contributed by atoms with Crippen molar-refractivity contribution < 1.29 is 4.79 Å². The van der Waals surface area contributed by atoms with E-state index in [4.69, 9.17) is 5.73 Å². The van der Waals surface area contributed by atoms with Gasteiger partial charge in [-0.2, -0.15) is 0 Å². The van der Waals surface area contributed by atoms with Gasteiger partial charge in [0.05, 0.1) is 5.56 Å². The summed E-state index contributed by atoms with van der Waals surface area (Å²) in [4.78, 5) is 20.3. The van der Waals surface area contributed by atoms with Crippen LogP contribution in [0.1, 0.15) is 54.2 Å². The van der Waals surface area contributed by atoms with E-state index in [2.05, 4.69) is 63.8 Å². The fraction of sp³-hybridized carbons (Fsp3) is 0.500. The summed E-state index contributed by atoms with van der Waals surface area (Å²) in [5.74, 6) is 0.0839. The summed E-state index contributed by atoms with van der Waals surface area (Å²) in [7, 11) is 0. The molecule has 2 aliphatic rings. The van der Waals surface area contributed by atoms with E-state index in [1.165, 1.54) is 5.56 Å². The second kappa shape index (κ2) is 9.94. The van der Waals surface area contributed by atoms with E-state index >= 15 is 0 Å². The van der Waals surface area contributed by atoms with Gasteiger partial charge in [-0.1, -0.05) is 40.2 Å². The zero-order valence-corrected chi connectivity index (χ0v) is 21.0. The summed E-state index contributed by atoms with van der Waals surface area (Å²) in [6.45, 7) is 11.5. The van der Waals surface area contributed by atoms with Gasteiger partial charge in [0.25, 0.3) is 5.91 Å². The average molecular weight is 499 g/mol. The number of anilines is 1. The number of aryl methyl sites for hydroxylation is 1. The standard InChI is InChI=1S/C26H35BrN4O/c1-18-5-4-6-24(28)25(18)26(32)29-13-11-23(12-14-29)30-15-16-31(19(2)17-30)20(3)21-7-9-22(27)10-8-21/h4-10,19-20,23H,11-17,28H2,1-3H3/t19-,20-/m0/s1. The highest BCUT2D eigenvalue weighted by molar-refractivity contribution is 9.10. The van der Waals surface area contributed by atoms with Gasteiger partial charge in [-0.3, -0.25) is 14.6 Å². The van der Waals surface area contributed by atoms with Gasteiger partial charge in [-0.25, -0.2) is 0 Å². The number of hydrogen-bond donors (Lipinski definition) is 1. The summed E-state index contributed by atoms with van der Waals surface area (Å²) in [5.41, 5.74) is 9.70. The van der Waals surface area contributed by atoms with Crippen molar-refractivity contribution in [2.24, 2.45) is 0 Å². The number of carbonyl (C=O) groups is 1. The van der Waals surface area contributed by atoms with Gasteiger partial charge in [0.1, 0.15) is 0 Å².